The van der Waals surface area contributed by atoms with Gasteiger partial charge < -0.3 is 10.1 Å². The van der Waals surface area contributed by atoms with Crippen LogP contribution in [0.1, 0.15) is 40.0 Å². The summed E-state index contributed by atoms with van der Waals surface area (Å²) in [6.45, 7) is 2.55. The van der Waals surface area contributed by atoms with Crippen LogP contribution in [0.4, 0.5) is 0 Å². The highest BCUT2D eigenvalue weighted by molar-refractivity contribution is 5.97. The van der Waals surface area contributed by atoms with Crippen molar-refractivity contribution >= 4 is 5.91 Å². The highest BCUT2D eigenvalue weighted by Gasteiger charge is 2.57. The summed E-state index contributed by atoms with van der Waals surface area (Å²) in [6.07, 6.45) is 3.55. The van der Waals surface area contributed by atoms with Crippen molar-refractivity contribution in [2.45, 2.75) is 31.6 Å². The lowest BCUT2D eigenvalue weighted by molar-refractivity contribution is 0.0947. The van der Waals surface area contributed by atoms with Gasteiger partial charge in [-0.2, -0.15) is 5.10 Å². The van der Waals surface area contributed by atoms with E-state index in [0.717, 1.165) is 6.42 Å². The molecule has 2 aromatic rings. The molecule has 0 saturated heterocycles. The molecule has 126 valence electrons. The minimum Gasteiger partial charge on any atom is -0.481 e. The number of hydrogen-bond acceptors (Lipinski definition) is 3. The van der Waals surface area contributed by atoms with Gasteiger partial charge in [0, 0.05) is 19.0 Å². The molecule has 1 fully saturated rings. The third-order valence-corrected chi connectivity index (χ3v) is 5.73. The van der Waals surface area contributed by atoms with E-state index in [1.54, 1.807) is 18.8 Å². The second-order valence-corrected chi connectivity index (χ2v) is 7.02. The zero-order valence-electron chi connectivity index (χ0n) is 14.4. The van der Waals surface area contributed by atoms with Crippen LogP contribution in [0.25, 0.3) is 0 Å². The number of ether oxygens (including phenoxy) is 1. The summed E-state index contributed by atoms with van der Waals surface area (Å²) in [5.74, 6) is 0.959. The molecule has 1 amide bonds. The zero-order valence-corrected chi connectivity index (χ0v) is 14.4. The van der Waals surface area contributed by atoms with E-state index in [4.69, 9.17) is 4.74 Å². The molecule has 2 aliphatic rings. The Hall–Kier alpha value is -2.30. The van der Waals surface area contributed by atoms with Crippen LogP contribution in [0.5, 0.6) is 5.88 Å². The van der Waals surface area contributed by atoms with E-state index in [2.05, 4.69) is 34.7 Å². The van der Waals surface area contributed by atoms with Gasteiger partial charge in [0.15, 0.2) is 0 Å². The Balaban J connectivity index is 1.46. The lowest BCUT2D eigenvalue weighted by Gasteiger charge is -2.12. The topological polar surface area (TPSA) is 56.1 Å². The quantitative estimate of drug-likeness (QED) is 0.939. The van der Waals surface area contributed by atoms with Gasteiger partial charge in [0.1, 0.15) is 5.56 Å². The predicted molar refractivity (Wildman–Crippen MR) is 91.4 cm³/mol. The summed E-state index contributed by atoms with van der Waals surface area (Å²) < 4.78 is 6.93. The van der Waals surface area contributed by atoms with Crippen molar-refractivity contribution in [2.24, 2.45) is 13.0 Å². The summed E-state index contributed by atoms with van der Waals surface area (Å²) in [6, 6.07) is 8.75. The summed E-state index contributed by atoms with van der Waals surface area (Å²) in [7, 11) is 3.35. The van der Waals surface area contributed by atoms with Crippen molar-refractivity contribution in [3.8, 4) is 5.88 Å². The van der Waals surface area contributed by atoms with Crippen molar-refractivity contribution in [3.63, 3.8) is 0 Å². The molecular formula is C19H23N3O2. The van der Waals surface area contributed by atoms with Crippen LogP contribution >= 0.6 is 0 Å². The second kappa shape index (κ2) is 5.36. The maximum atomic E-state index is 12.6. The van der Waals surface area contributed by atoms with Crippen molar-refractivity contribution in [2.75, 3.05) is 13.7 Å². The molecule has 0 unspecified atom stereocenters. The van der Waals surface area contributed by atoms with Gasteiger partial charge in [-0.25, -0.2) is 4.68 Å². The van der Waals surface area contributed by atoms with E-state index in [9.17, 15) is 4.79 Å². The van der Waals surface area contributed by atoms with Gasteiger partial charge in [0.05, 0.1) is 12.8 Å². The normalized spacial score (nSPS) is 24.0. The smallest absolute Gasteiger partial charge is 0.258 e. The molecule has 5 heteroatoms. The number of fused-ring (bicyclic) bond motifs is 2. The average Bonchev–Trinajstić information content (AvgIpc) is 3.04. The fourth-order valence-corrected chi connectivity index (χ4v) is 4.44. The molecule has 2 aliphatic carbocycles. The summed E-state index contributed by atoms with van der Waals surface area (Å²) in [5, 5.41) is 7.38. The Morgan fingerprint density at radius 2 is 2.25 bits per heavy atom. The molecule has 1 aromatic carbocycles. The van der Waals surface area contributed by atoms with Crippen LogP contribution in [-0.2, 0) is 18.9 Å². The van der Waals surface area contributed by atoms with Crippen LogP contribution in [0, 0.1) is 12.8 Å². The molecule has 1 heterocycles. The molecule has 24 heavy (non-hydrogen) atoms. The minimum absolute atomic E-state index is 0.0919. The molecule has 2 atom stereocenters. The van der Waals surface area contributed by atoms with Gasteiger partial charge in [-0.1, -0.05) is 24.3 Å². The van der Waals surface area contributed by atoms with Crippen LogP contribution in [0.15, 0.2) is 24.3 Å². The number of methoxy groups -OCH3 is 1. The largest absolute Gasteiger partial charge is 0.481 e. The average molecular weight is 325 g/mol. The summed E-state index contributed by atoms with van der Waals surface area (Å²) >= 11 is 0. The van der Waals surface area contributed by atoms with Crippen LogP contribution < -0.4 is 10.1 Å². The maximum absolute atomic E-state index is 12.6. The highest BCUT2D eigenvalue weighted by atomic mass is 16.5. The molecular weight excluding hydrogens is 302 g/mol. The Morgan fingerprint density at radius 1 is 1.46 bits per heavy atom. The Morgan fingerprint density at radius 3 is 3.04 bits per heavy atom. The first-order chi connectivity index (χ1) is 11.6. The van der Waals surface area contributed by atoms with E-state index in [0.29, 0.717) is 35.0 Å². The number of aryl methyl sites for hydroxylation is 3. The number of hydrogen-bond donors (Lipinski definition) is 1. The first-order valence-corrected chi connectivity index (χ1v) is 8.51. The molecule has 5 nitrogen and oxygen atoms in total. The highest BCUT2D eigenvalue weighted by Crippen LogP contribution is 2.61. The summed E-state index contributed by atoms with van der Waals surface area (Å²) in [5.41, 5.74) is 4.53. The Bertz CT molecular complexity index is 811. The van der Waals surface area contributed by atoms with Crippen molar-refractivity contribution in [3.05, 3.63) is 46.6 Å². The van der Waals surface area contributed by atoms with Gasteiger partial charge in [-0.15, -0.1) is 0 Å². The van der Waals surface area contributed by atoms with E-state index in [-0.39, 0.29) is 5.91 Å². The van der Waals surface area contributed by atoms with Gasteiger partial charge in [-0.3, -0.25) is 4.79 Å². The number of carbonyl (C=O) groups excluding carboxylic acids is 1. The maximum Gasteiger partial charge on any atom is 0.258 e. The zero-order chi connectivity index (χ0) is 16.9. The predicted octanol–water partition coefficient (Wildman–Crippen LogP) is 2.37. The van der Waals surface area contributed by atoms with Crippen LogP contribution in [-0.4, -0.2) is 29.3 Å². The van der Waals surface area contributed by atoms with Gasteiger partial charge in [0.25, 0.3) is 5.91 Å². The summed E-state index contributed by atoms with van der Waals surface area (Å²) in [4.78, 5) is 12.6. The lowest BCUT2D eigenvalue weighted by atomic mass is 9.95. The molecule has 1 spiro atoms. The molecule has 1 saturated carbocycles. The minimum atomic E-state index is -0.0919. The number of amides is 1. The lowest BCUT2D eigenvalue weighted by Crippen LogP contribution is -2.28. The molecule has 0 radical (unpaired) electrons. The number of nitrogens with zero attached hydrogens (tertiary/aromatic N) is 2. The fourth-order valence-electron chi connectivity index (χ4n) is 4.44. The Labute approximate surface area is 142 Å². The monoisotopic (exact) mass is 325 g/mol. The van der Waals surface area contributed by atoms with Crippen molar-refractivity contribution < 1.29 is 9.53 Å². The third-order valence-electron chi connectivity index (χ3n) is 5.73. The standard InChI is InChI=1S/C19H23N3O2/c1-12-16(18(24-3)22(2)21-12)17(23)20-11-14-10-19(14)9-8-13-6-4-5-7-15(13)19/h4-7,14H,8-11H2,1-3H3,(H,20,23)/t14-,19-/m1/s1. The van der Waals surface area contributed by atoms with Crippen molar-refractivity contribution in [1.29, 1.82) is 0 Å². The van der Waals surface area contributed by atoms with E-state index in [1.807, 2.05) is 6.92 Å². The van der Waals surface area contributed by atoms with E-state index < -0.39 is 0 Å². The second-order valence-electron chi connectivity index (χ2n) is 7.02. The van der Waals surface area contributed by atoms with Crippen molar-refractivity contribution in [1.82, 2.24) is 15.1 Å². The van der Waals surface area contributed by atoms with Crippen LogP contribution in [0.2, 0.25) is 0 Å². The first kappa shape index (κ1) is 15.2. The molecule has 4 rings (SSSR count). The van der Waals surface area contributed by atoms with E-state index >= 15 is 0 Å². The molecule has 1 N–H and O–H groups in total. The number of benzene rings is 1. The molecule has 0 bridgehead atoms. The number of rotatable bonds is 4. The number of nitrogens with one attached hydrogen (secondary N) is 1. The fraction of sp³-hybridized carbons (Fsp3) is 0.474. The third kappa shape index (κ3) is 2.14. The Kier molecular flexibility index (Phi) is 3.41. The molecule has 0 aliphatic heterocycles. The first-order valence-electron chi connectivity index (χ1n) is 8.51. The van der Waals surface area contributed by atoms with Crippen LogP contribution in [0.3, 0.4) is 0 Å². The number of aromatic nitrogens is 2. The molecule has 1 aromatic heterocycles. The van der Waals surface area contributed by atoms with Gasteiger partial charge >= 0.3 is 0 Å². The number of carbonyl (C=O) groups is 1. The van der Waals surface area contributed by atoms with Gasteiger partial charge in [-0.05, 0) is 43.2 Å². The van der Waals surface area contributed by atoms with Gasteiger partial charge in [0.2, 0.25) is 5.88 Å². The van der Waals surface area contributed by atoms with E-state index in [1.165, 1.54) is 24.0 Å². The SMILES string of the molecule is COc1c(C(=O)NC[C@H]2C[C@]23CCc2ccccc23)c(C)nn1C.